The maximum Gasteiger partial charge on any atom is 0.416 e. The summed E-state index contributed by atoms with van der Waals surface area (Å²) < 4.78 is 43.2. The van der Waals surface area contributed by atoms with E-state index >= 15 is 0 Å². The molecule has 1 fully saturated rings. The standard InChI is InChI=1S/C32H31F3N6O2S/c1-3-40-10-12-41(13-11-40)18-21-6-7-23(16-25(21)32(33,34)35)38-30(42)20-5-4-19(2)26(14-20)39-31(43)27-15-22-17-37-29-24(8-9-36-29)28(22)44-27/h4-9,14-17H,3,10-13,18H2,1-2H3,(H,36,37)(H,38,42)(H,39,43)/p+1. The molecule has 0 spiro atoms. The third-order valence-corrected chi connectivity index (χ3v) is 9.26. The van der Waals surface area contributed by atoms with Crippen LogP contribution in [0.4, 0.5) is 24.5 Å². The minimum atomic E-state index is -4.57. The highest BCUT2D eigenvalue weighted by Crippen LogP contribution is 2.35. The first-order valence-electron chi connectivity index (χ1n) is 14.4. The number of hydrogen-bond acceptors (Lipinski definition) is 5. The molecule has 0 aliphatic carbocycles. The zero-order valence-corrected chi connectivity index (χ0v) is 25.1. The predicted molar refractivity (Wildman–Crippen MR) is 166 cm³/mol. The highest BCUT2D eigenvalue weighted by molar-refractivity contribution is 7.21. The maximum atomic E-state index is 14.1. The van der Waals surface area contributed by atoms with Crippen molar-refractivity contribution in [1.82, 2.24) is 14.8 Å². The molecule has 12 heteroatoms. The van der Waals surface area contributed by atoms with Crippen LogP contribution in [-0.2, 0) is 12.7 Å². The van der Waals surface area contributed by atoms with Gasteiger partial charge in [0.2, 0.25) is 0 Å². The summed E-state index contributed by atoms with van der Waals surface area (Å²) in [6, 6.07) is 12.5. The Morgan fingerprint density at radius 2 is 1.75 bits per heavy atom. The van der Waals surface area contributed by atoms with Gasteiger partial charge in [-0.2, -0.15) is 13.2 Å². The minimum Gasteiger partial charge on any atom is -0.322 e. The van der Waals surface area contributed by atoms with Gasteiger partial charge in [0.05, 0.1) is 32.9 Å². The van der Waals surface area contributed by atoms with Crippen molar-refractivity contribution in [2.24, 2.45) is 0 Å². The number of carbonyl (C=O) groups is 2. The molecule has 4 heterocycles. The normalized spacial score (nSPS) is 14.8. The second-order valence-corrected chi connectivity index (χ2v) is 12.0. The van der Waals surface area contributed by atoms with Crippen LogP contribution in [0.15, 0.2) is 60.9 Å². The molecule has 1 aliphatic rings. The van der Waals surface area contributed by atoms with Gasteiger partial charge in [0.15, 0.2) is 0 Å². The Labute approximate surface area is 255 Å². The van der Waals surface area contributed by atoms with Crippen molar-refractivity contribution in [3.05, 3.63) is 88.1 Å². The lowest BCUT2D eigenvalue weighted by Crippen LogP contribution is -2.45. The average Bonchev–Trinajstić information content (AvgIpc) is 3.66. The van der Waals surface area contributed by atoms with E-state index in [0.717, 1.165) is 52.4 Å². The van der Waals surface area contributed by atoms with Crippen molar-refractivity contribution in [2.75, 3.05) is 43.4 Å². The molecule has 0 atom stereocenters. The molecule has 4 N–H and O–H groups in total. The van der Waals surface area contributed by atoms with Crippen LogP contribution in [0.3, 0.4) is 0 Å². The van der Waals surface area contributed by atoms with Gasteiger partial charge in [-0.15, -0.1) is 11.3 Å². The molecule has 1 saturated heterocycles. The highest BCUT2D eigenvalue weighted by Gasteiger charge is 2.34. The first-order chi connectivity index (χ1) is 21.1. The predicted octanol–water partition coefficient (Wildman–Crippen LogP) is 6.17. The number of hydrogen-bond donors (Lipinski definition) is 3. The molecule has 5 aromatic rings. The summed E-state index contributed by atoms with van der Waals surface area (Å²) in [5.41, 5.74) is 1.71. The van der Waals surface area contributed by atoms with Crippen LogP contribution in [0.2, 0.25) is 0 Å². The molecular weight excluding hydrogens is 589 g/mol. The molecule has 3 aromatic heterocycles. The molecule has 6 rings (SSSR count). The number of aromatic amines is 2. The molecule has 44 heavy (non-hydrogen) atoms. The Morgan fingerprint density at radius 1 is 0.977 bits per heavy atom. The molecular formula is C32H32F3N6O2S+. The number of H-pyrrole nitrogens is 2. The zero-order chi connectivity index (χ0) is 31.0. The van der Waals surface area contributed by atoms with E-state index < -0.39 is 17.6 Å². The van der Waals surface area contributed by atoms with E-state index in [1.54, 1.807) is 25.1 Å². The monoisotopic (exact) mass is 621 g/mol. The number of benzene rings is 2. The lowest BCUT2D eigenvalue weighted by molar-refractivity contribution is -0.345. The van der Waals surface area contributed by atoms with Crippen LogP contribution in [0, 0.1) is 6.92 Å². The van der Waals surface area contributed by atoms with Crippen LogP contribution in [-0.4, -0.2) is 59.3 Å². The van der Waals surface area contributed by atoms with Gasteiger partial charge in [0, 0.05) is 55.0 Å². The number of anilines is 2. The van der Waals surface area contributed by atoms with Crippen LogP contribution in [0.1, 0.15) is 43.6 Å². The van der Waals surface area contributed by atoms with Crippen molar-refractivity contribution in [3.63, 3.8) is 0 Å². The number of nitrogens with one attached hydrogen (secondary N) is 4. The van der Waals surface area contributed by atoms with Gasteiger partial charge >= 0.3 is 6.18 Å². The van der Waals surface area contributed by atoms with E-state index in [0.29, 0.717) is 23.7 Å². The first-order valence-corrected chi connectivity index (χ1v) is 15.2. The zero-order valence-electron chi connectivity index (χ0n) is 24.3. The van der Waals surface area contributed by atoms with Crippen molar-refractivity contribution in [3.8, 4) is 0 Å². The Kier molecular flexibility index (Phi) is 8.14. The molecule has 0 saturated carbocycles. The van der Waals surface area contributed by atoms with Gasteiger partial charge < -0.3 is 15.5 Å². The fraction of sp³-hybridized carbons (Fsp3) is 0.281. The molecule has 2 amide bonds. The molecule has 0 bridgehead atoms. The van der Waals surface area contributed by atoms with E-state index in [4.69, 9.17) is 0 Å². The Bertz CT molecular complexity index is 1860. The van der Waals surface area contributed by atoms with Gasteiger partial charge in [-0.25, -0.2) is 9.97 Å². The minimum absolute atomic E-state index is 0.0474. The molecule has 0 unspecified atom stereocenters. The van der Waals surface area contributed by atoms with Crippen LogP contribution < -0.4 is 15.6 Å². The van der Waals surface area contributed by atoms with E-state index in [9.17, 15) is 22.8 Å². The number of fused-ring (bicyclic) bond motifs is 3. The average molecular weight is 622 g/mol. The largest absolute Gasteiger partial charge is 0.416 e. The second-order valence-electron chi connectivity index (χ2n) is 11.0. The smallest absolute Gasteiger partial charge is 0.322 e. The number of aromatic nitrogens is 2. The van der Waals surface area contributed by atoms with E-state index in [1.165, 1.54) is 29.5 Å². The molecule has 8 nitrogen and oxygen atoms in total. The van der Waals surface area contributed by atoms with E-state index in [-0.39, 0.29) is 29.3 Å². The number of alkyl halides is 3. The summed E-state index contributed by atoms with van der Waals surface area (Å²) in [6.07, 6.45) is -0.907. The summed E-state index contributed by atoms with van der Waals surface area (Å²) >= 11 is 1.36. The number of piperazine rings is 1. The third kappa shape index (κ3) is 6.19. The van der Waals surface area contributed by atoms with Crippen LogP contribution in [0.25, 0.3) is 21.1 Å². The number of aryl methyl sites for hydroxylation is 1. The van der Waals surface area contributed by atoms with Gasteiger partial charge in [0.25, 0.3) is 17.5 Å². The quantitative estimate of drug-likeness (QED) is 0.203. The first kappa shape index (κ1) is 29.8. The van der Waals surface area contributed by atoms with Gasteiger partial charge in [-0.1, -0.05) is 19.1 Å². The van der Waals surface area contributed by atoms with Crippen molar-refractivity contribution in [1.29, 1.82) is 0 Å². The number of rotatable bonds is 7. The Balaban J connectivity index is 1.17. The lowest BCUT2D eigenvalue weighted by atomic mass is 10.0. The van der Waals surface area contributed by atoms with Crippen molar-refractivity contribution >= 4 is 55.6 Å². The summed E-state index contributed by atoms with van der Waals surface area (Å²) in [7, 11) is 0. The fourth-order valence-electron chi connectivity index (χ4n) is 5.51. The summed E-state index contributed by atoms with van der Waals surface area (Å²) in [5.74, 6) is -0.902. The topological polar surface area (TPSA) is 94.6 Å². The fourth-order valence-corrected chi connectivity index (χ4v) is 6.57. The second kappa shape index (κ2) is 12.0. The highest BCUT2D eigenvalue weighted by atomic mass is 32.1. The summed E-state index contributed by atoms with van der Waals surface area (Å²) in [5, 5.41) is 7.38. The van der Waals surface area contributed by atoms with Crippen LogP contribution in [0.5, 0.6) is 0 Å². The number of amides is 2. The van der Waals surface area contributed by atoms with Crippen molar-refractivity contribution < 1.29 is 27.7 Å². The number of likely N-dealkylation sites (N-methyl/N-ethyl adjacent to an activating group) is 1. The number of nitrogens with zero attached hydrogens (tertiary/aromatic N) is 2. The number of carbonyl (C=O) groups excluding carboxylic acids is 2. The third-order valence-electron chi connectivity index (χ3n) is 8.08. The summed E-state index contributed by atoms with van der Waals surface area (Å²) in [4.78, 5) is 37.4. The molecule has 228 valence electrons. The van der Waals surface area contributed by atoms with Gasteiger partial charge in [-0.05, 0) is 61.0 Å². The van der Waals surface area contributed by atoms with Gasteiger partial charge in [0.1, 0.15) is 0 Å². The number of halogens is 3. The lowest BCUT2D eigenvalue weighted by Gasteiger charge is -2.34. The molecule has 1 aliphatic heterocycles. The summed E-state index contributed by atoms with van der Waals surface area (Å²) in [6.45, 7) is 8.04. The Morgan fingerprint density at radius 3 is 2.50 bits per heavy atom. The number of pyridine rings is 1. The Hall–Kier alpha value is -4.26. The van der Waals surface area contributed by atoms with Crippen molar-refractivity contribution in [2.45, 2.75) is 26.6 Å². The number of thiophene rings is 1. The SMILES string of the molecule is CCN1CCN(Cc2ccc(NC(=O)c3ccc(C)c(NC(=O)c4cc5c[nH+]c6[nH]ccc6c5s4)c3)cc2C(F)(F)F)CC1. The van der Waals surface area contributed by atoms with Crippen LogP contribution >= 0.6 is 11.3 Å². The maximum absolute atomic E-state index is 14.1. The van der Waals surface area contributed by atoms with E-state index in [1.807, 2.05) is 23.4 Å². The van der Waals surface area contributed by atoms with Gasteiger partial charge in [-0.3, -0.25) is 14.5 Å². The van der Waals surface area contributed by atoms with E-state index in [2.05, 4.69) is 32.4 Å². The molecule has 0 radical (unpaired) electrons. The molecule has 2 aromatic carbocycles.